The number of amides is 4. The zero-order valence-electron chi connectivity index (χ0n) is 36.4. The van der Waals surface area contributed by atoms with E-state index in [0.717, 1.165) is 123 Å². The first kappa shape index (κ1) is 42.5. The minimum Gasteiger partial charge on any atom is -0.496 e. The Morgan fingerprint density at radius 1 is 0.892 bits per heavy atom. The number of hydrogen-bond donors (Lipinski definition) is 3. The van der Waals surface area contributed by atoms with E-state index >= 15 is 0 Å². The number of imide groups is 1. The van der Waals surface area contributed by atoms with Gasteiger partial charge in [0.15, 0.2) is 5.65 Å². The van der Waals surface area contributed by atoms with Crippen molar-refractivity contribution >= 4 is 46.2 Å². The fraction of sp³-hybridized carbons (Fsp3) is 0.426. The summed E-state index contributed by atoms with van der Waals surface area (Å²) in [5.41, 5.74) is 12.5. The Bertz CT molecular complexity index is 2640. The summed E-state index contributed by atoms with van der Waals surface area (Å²) in [5, 5.41) is 11.1. The Kier molecular flexibility index (Phi) is 11.6. The van der Waals surface area contributed by atoms with Crippen LogP contribution in [0.15, 0.2) is 67.0 Å². The highest BCUT2D eigenvalue weighted by molar-refractivity contribution is 6.05. The molecule has 5 aliphatic heterocycles. The zero-order valence-corrected chi connectivity index (χ0v) is 36.4. The molecule has 0 aliphatic carbocycles. The van der Waals surface area contributed by atoms with Gasteiger partial charge >= 0.3 is 0 Å². The Hall–Kier alpha value is -6.50. The predicted octanol–water partition coefficient (Wildman–Crippen LogP) is 3.06. The molecule has 0 saturated carbocycles. The van der Waals surface area contributed by atoms with Gasteiger partial charge in [-0.2, -0.15) is 5.10 Å². The van der Waals surface area contributed by atoms with Crippen molar-refractivity contribution in [1.82, 2.24) is 50.0 Å². The molecule has 2 aromatic heterocycles. The number of ether oxygens (including phenoxy) is 1. The van der Waals surface area contributed by atoms with Crippen LogP contribution in [0.4, 0.5) is 15.9 Å². The summed E-state index contributed by atoms with van der Waals surface area (Å²) in [6.45, 7) is 10.6. The number of nitrogen functional groups attached to an aromatic ring is 1. The van der Waals surface area contributed by atoms with Crippen LogP contribution in [-0.2, 0) is 22.7 Å². The van der Waals surface area contributed by atoms with Gasteiger partial charge < -0.3 is 25.6 Å². The third kappa shape index (κ3) is 8.48. The van der Waals surface area contributed by atoms with Crippen molar-refractivity contribution in [2.75, 3.05) is 83.2 Å². The molecular weight excluding hydrogens is 832 g/mol. The molecule has 3 aromatic carbocycles. The average Bonchev–Trinajstić information content (AvgIpc) is 3.86. The van der Waals surface area contributed by atoms with Crippen LogP contribution >= 0.6 is 0 Å². The van der Waals surface area contributed by atoms with Crippen molar-refractivity contribution in [2.24, 2.45) is 0 Å². The molecule has 10 rings (SSSR count). The second-order valence-electron chi connectivity index (χ2n) is 17.7. The van der Waals surface area contributed by atoms with Crippen molar-refractivity contribution < 1.29 is 28.3 Å². The number of methoxy groups -OCH3 is 1. The molecule has 1 atom stereocenters. The second-order valence-corrected chi connectivity index (χ2v) is 17.7. The molecule has 18 heteroatoms. The summed E-state index contributed by atoms with van der Waals surface area (Å²) in [5.74, 6) is -1.07. The number of halogens is 1. The molecule has 5 aromatic rings. The van der Waals surface area contributed by atoms with E-state index in [4.69, 9.17) is 15.6 Å². The number of nitrogens with zero attached hydrogens (tertiary/aromatic N) is 9. The lowest BCUT2D eigenvalue weighted by molar-refractivity contribution is -0.136. The minimum absolute atomic E-state index is 0.135. The van der Waals surface area contributed by atoms with Crippen LogP contribution in [0.3, 0.4) is 0 Å². The molecule has 4 saturated heterocycles. The number of benzene rings is 3. The smallest absolute Gasteiger partial charge is 0.255 e. The number of nitrogens with two attached hydrogens (primary N) is 1. The van der Waals surface area contributed by atoms with Crippen molar-refractivity contribution in [3.05, 3.63) is 95.1 Å². The SMILES string of the molecule is COc1ccc(F)cc1C(=O)NCc1ccc(-c2nn(C3CCN(C4CN(CCN5CCN(c6ccc7c(c6)CN([C@H]6CCC(=O)NC6=O)C7=O)CC5)C4)CC3)c3ncnc(N)c23)cc1. The van der Waals surface area contributed by atoms with E-state index in [-0.39, 0.29) is 42.3 Å². The van der Waals surface area contributed by atoms with Crippen molar-refractivity contribution in [2.45, 2.75) is 56.9 Å². The maximum absolute atomic E-state index is 13.9. The summed E-state index contributed by atoms with van der Waals surface area (Å²) in [7, 11) is 1.44. The fourth-order valence-corrected chi connectivity index (χ4v) is 10.1. The number of anilines is 2. The summed E-state index contributed by atoms with van der Waals surface area (Å²) >= 11 is 0. The lowest BCUT2D eigenvalue weighted by Gasteiger charge is -2.48. The molecule has 4 fully saturated rings. The minimum atomic E-state index is -0.605. The number of likely N-dealkylation sites (tertiary alicyclic amines) is 2. The monoisotopic (exact) mass is 884 g/mol. The van der Waals surface area contributed by atoms with Gasteiger partial charge in [-0.05, 0) is 66.8 Å². The Balaban J connectivity index is 0.680. The van der Waals surface area contributed by atoms with Gasteiger partial charge in [0.1, 0.15) is 35.4 Å². The number of carbonyl (C=O) groups excluding carboxylic acids is 4. The van der Waals surface area contributed by atoms with Gasteiger partial charge in [0.2, 0.25) is 11.8 Å². The van der Waals surface area contributed by atoms with E-state index in [1.807, 2.05) is 41.1 Å². The molecule has 65 heavy (non-hydrogen) atoms. The number of aromatic nitrogens is 4. The van der Waals surface area contributed by atoms with Gasteiger partial charge in [-0.15, -0.1) is 0 Å². The molecule has 7 heterocycles. The zero-order chi connectivity index (χ0) is 44.8. The normalized spacial score (nSPS) is 20.3. The van der Waals surface area contributed by atoms with Gasteiger partial charge in [0.25, 0.3) is 11.8 Å². The topological polar surface area (TPSA) is 187 Å². The first-order chi connectivity index (χ1) is 31.6. The first-order valence-electron chi connectivity index (χ1n) is 22.5. The Morgan fingerprint density at radius 2 is 1.66 bits per heavy atom. The van der Waals surface area contributed by atoms with Crippen LogP contribution < -0.4 is 26.0 Å². The number of carbonyl (C=O) groups is 4. The fourth-order valence-electron chi connectivity index (χ4n) is 10.1. The number of hydrogen-bond acceptors (Lipinski definition) is 13. The standard InChI is InChI=1S/C47H53FN12O5/c1-65-39-10-6-32(48)23-37(39)45(62)50-24-29-2-4-30(5-3-29)42-41-43(49)51-28-52-44(41)60(54-42)33-12-14-57(15-13-33)35-26-56(27-35)17-16-55-18-20-58(21-19-55)34-7-8-36-31(22-34)25-59(47(36)64)38-9-11-40(61)53-46(38)63/h2-8,10,22-23,28,33,35,38H,9,11-21,24-27H2,1H3,(H,50,62)(H2,49,51,52)(H,53,61,63)/t38-/m0/s1. The summed E-state index contributed by atoms with van der Waals surface area (Å²) in [4.78, 5) is 70.8. The van der Waals surface area contributed by atoms with Crippen LogP contribution in [0.1, 0.15) is 63.6 Å². The number of piperidine rings is 2. The van der Waals surface area contributed by atoms with Crippen molar-refractivity contribution in [3.63, 3.8) is 0 Å². The average molecular weight is 885 g/mol. The van der Waals surface area contributed by atoms with Crippen molar-refractivity contribution in [3.8, 4) is 17.0 Å². The quantitative estimate of drug-likeness (QED) is 0.156. The summed E-state index contributed by atoms with van der Waals surface area (Å²) in [6.07, 6.45) is 4.01. The largest absolute Gasteiger partial charge is 0.496 e. The highest BCUT2D eigenvalue weighted by atomic mass is 19.1. The molecular formula is C47H53FN12O5. The van der Waals surface area contributed by atoms with E-state index in [2.05, 4.69) is 46.3 Å². The Labute approximate surface area is 375 Å². The van der Waals surface area contributed by atoms with Crippen molar-refractivity contribution in [1.29, 1.82) is 0 Å². The first-order valence-corrected chi connectivity index (χ1v) is 22.5. The molecule has 4 amide bonds. The third-order valence-electron chi connectivity index (χ3n) is 13.9. The number of nitrogens with one attached hydrogen (secondary N) is 2. The van der Waals surface area contributed by atoms with E-state index in [0.29, 0.717) is 36.1 Å². The molecule has 0 radical (unpaired) electrons. The van der Waals surface area contributed by atoms with Crippen LogP contribution in [0.25, 0.3) is 22.3 Å². The third-order valence-corrected chi connectivity index (χ3v) is 13.9. The molecule has 17 nitrogen and oxygen atoms in total. The number of fused-ring (bicyclic) bond motifs is 2. The van der Waals surface area contributed by atoms with E-state index < -0.39 is 17.8 Å². The van der Waals surface area contributed by atoms with Crippen LogP contribution in [0, 0.1) is 5.82 Å². The maximum atomic E-state index is 13.9. The number of piperazine rings is 1. The highest BCUT2D eigenvalue weighted by Gasteiger charge is 2.40. The second kappa shape index (κ2) is 17.8. The summed E-state index contributed by atoms with van der Waals surface area (Å²) < 4.78 is 21.1. The molecule has 338 valence electrons. The molecule has 5 aliphatic rings. The van der Waals surface area contributed by atoms with Gasteiger partial charge in [-0.25, -0.2) is 19.0 Å². The molecule has 4 N–H and O–H groups in total. The molecule has 0 unspecified atom stereocenters. The predicted molar refractivity (Wildman–Crippen MR) is 241 cm³/mol. The maximum Gasteiger partial charge on any atom is 0.255 e. The van der Waals surface area contributed by atoms with Gasteiger partial charge in [0.05, 0.1) is 24.1 Å². The van der Waals surface area contributed by atoms with Crippen LogP contribution in [0.2, 0.25) is 0 Å². The molecule has 0 spiro atoms. The molecule has 0 bridgehead atoms. The number of rotatable bonds is 12. The van der Waals surface area contributed by atoms with Gasteiger partial charge in [-0.3, -0.25) is 39.2 Å². The lowest BCUT2D eigenvalue weighted by atomic mass is 9.99. The van der Waals surface area contributed by atoms with E-state index in [1.54, 1.807) is 4.90 Å². The van der Waals surface area contributed by atoms with E-state index in [9.17, 15) is 23.6 Å². The highest BCUT2D eigenvalue weighted by Crippen LogP contribution is 2.36. The Morgan fingerprint density at radius 3 is 2.42 bits per heavy atom. The van der Waals surface area contributed by atoms with Gasteiger partial charge in [-0.1, -0.05) is 24.3 Å². The lowest BCUT2D eigenvalue weighted by Crippen LogP contribution is -2.62. The van der Waals surface area contributed by atoms with Crippen LogP contribution in [0.5, 0.6) is 5.75 Å². The summed E-state index contributed by atoms with van der Waals surface area (Å²) in [6, 6.07) is 17.7. The van der Waals surface area contributed by atoms with Gasteiger partial charge in [0, 0.05) is 108 Å². The van der Waals surface area contributed by atoms with Crippen LogP contribution in [-0.4, -0.2) is 148 Å². The van der Waals surface area contributed by atoms with E-state index in [1.165, 1.54) is 25.6 Å².